The molecule has 1 heterocycles. The third kappa shape index (κ3) is 3.83. The molecule has 4 nitrogen and oxygen atoms in total. The number of anilines is 1. The summed E-state index contributed by atoms with van der Waals surface area (Å²) in [4.78, 5) is 12.2. The lowest BCUT2D eigenvalue weighted by atomic mass is 10.0. The number of benzene rings is 2. The summed E-state index contributed by atoms with van der Waals surface area (Å²) in [5.74, 6) is 0.860. The van der Waals surface area contributed by atoms with Crippen molar-refractivity contribution in [3.8, 4) is 5.75 Å². The Bertz CT molecular complexity index is 667. The van der Waals surface area contributed by atoms with Crippen LogP contribution in [0.3, 0.4) is 0 Å². The number of hydrogen-bond acceptors (Lipinski definition) is 3. The molecule has 2 aromatic rings. The quantitative estimate of drug-likeness (QED) is 0.891. The van der Waals surface area contributed by atoms with E-state index in [-0.39, 0.29) is 18.5 Å². The SMILES string of the molecule is CCc1ccc(NCC(=O)NC2CCOc3ccccc32)cc1. The first-order valence-corrected chi connectivity index (χ1v) is 8.10. The zero-order valence-electron chi connectivity index (χ0n) is 13.3. The van der Waals surface area contributed by atoms with E-state index in [0.717, 1.165) is 29.8 Å². The van der Waals surface area contributed by atoms with Crippen LogP contribution in [0.2, 0.25) is 0 Å². The molecule has 0 spiro atoms. The molecule has 120 valence electrons. The molecule has 0 bridgehead atoms. The summed E-state index contributed by atoms with van der Waals surface area (Å²) in [6, 6.07) is 16.1. The Morgan fingerprint density at radius 1 is 1.17 bits per heavy atom. The molecule has 2 aromatic carbocycles. The van der Waals surface area contributed by atoms with Gasteiger partial charge in [-0.05, 0) is 30.2 Å². The number of hydrogen-bond donors (Lipinski definition) is 2. The normalized spacial score (nSPS) is 16.1. The number of rotatable bonds is 5. The van der Waals surface area contributed by atoms with Gasteiger partial charge in [0.1, 0.15) is 5.75 Å². The molecular weight excluding hydrogens is 288 g/mol. The lowest BCUT2D eigenvalue weighted by Gasteiger charge is -2.26. The third-order valence-corrected chi connectivity index (χ3v) is 4.11. The molecule has 1 amide bonds. The van der Waals surface area contributed by atoms with Gasteiger partial charge in [0.25, 0.3) is 0 Å². The summed E-state index contributed by atoms with van der Waals surface area (Å²) in [7, 11) is 0. The summed E-state index contributed by atoms with van der Waals surface area (Å²) in [5, 5.41) is 6.25. The van der Waals surface area contributed by atoms with Crippen LogP contribution in [0.5, 0.6) is 5.75 Å². The van der Waals surface area contributed by atoms with Gasteiger partial charge in [0.15, 0.2) is 0 Å². The van der Waals surface area contributed by atoms with E-state index in [9.17, 15) is 4.79 Å². The smallest absolute Gasteiger partial charge is 0.239 e. The minimum atomic E-state index is -0.00808. The van der Waals surface area contributed by atoms with Crippen LogP contribution in [0, 0.1) is 0 Å². The van der Waals surface area contributed by atoms with Crippen molar-refractivity contribution in [3.63, 3.8) is 0 Å². The Labute approximate surface area is 136 Å². The predicted octanol–water partition coefficient (Wildman–Crippen LogP) is 3.30. The lowest BCUT2D eigenvalue weighted by molar-refractivity contribution is -0.120. The highest BCUT2D eigenvalue weighted by molar-refractivity contribution is 5.81. The van der Waals surface area contributed by atoms with Crippen LogP contribution >= 0.6 is 0 Å². The summed E-state index contributed by atoms with van der Waals surface area (Å²) >= 11 is 0. The first-order chi connectivity index (χ1) is 11.3. The first kappa shape index (κ1) is 15.4. The van der Waals surface area contributed by atoms with Crippen LogP contribution in [0.25, 0.3) is 0 Å². The van der Waals surface area contributed by atoms with Crippen LogP contribution < -0.4 is 15.4 Å². The number of para-hydroxylation sites is 1. The fourth-order valence-corrected chi connectivity index (χ4v) is 2.78. The summed E-state index contributed by atoms with van der Waals surface area (Å²) in [6.07, 6.45) is 1.82. The topological polar surface area (TPSA) is 50.4 Å². The van der Waals surface area contributed by atoms with Gasteiger partial charge in [0.2, 0.25) is 5.91 Å². The van der Waals surface area contributed by atoms with Crippen molar-refractivity contribution >= 4 is 11.6 Å². The number of nitrogens with one attached hydrogen (secondary N) is 2. The molecule has 4 heteroatoms. The molecular formula is C19H22N2O2. The van der Waals surface area contributed by atoms with Gasteiger partial charge in [-0.15, -0.1) is 0 Å². The summed E-state index contributed by atoms with van der Waals surface area (Å²) in [6.45, 7) is 3.03. The molecule has 0 saturated heterocycles. The van der Waals surface area contributed by atoms with Gasteiger partial charge >= 0.3 is 0 Å². The highest BCUT2D eigenvalue weighted by Gasteiger charge is 2.22. The van der Waals surface area contributed by atoms with E-state index in [0.29, 0.717) is 6.61 Å². The Morgan fingerprint density at radius 3 is 2.74 bits per heavy atom. The second-order valence-electron chi connectivity index (χ2n) is 5.70. The lowest BCUT2D eigenvalue weighted by Crippen LogP contribution is -2.35. The van der Waals surface area contributed by atoms with E-state index in [1.165, 1.54) is 5.56 Å². The van der Waals surface area contributed by atoms with Crippen LogP contribution in [0.1, 0.15) is 30.5 Å². The summed E-state index contributed by atoms with van der Waals surface area (Å²) in [5.41, 5.74) is 3.31. The van der Waals surface area contributed by atoms with Crippen LogP contribution in [-0.2, 0) is 11.2 Å². The Kier molecular flexibility index (Phi) is 4.81. The van der Waals surface area contributed by atoms with Crippen molar-refractivity contribution in [2.75, 3.05) is 18.5 Å². The van der Waals surface area contributed by atoms with Gasteiger partial charge in [-0.1, -0.05) is 37.3 Å². The van der Waals surface area contributed by atoms with Crippen molar-refractivity contribution in [3.05, 3.63) is 59.7 Å². The molecule has 1 unspecified atom stereocenters. The van der Waals surface area contributed by atoms with Crippen LogP contribution in [-0.4, -0.2) is 19.1 Å². The minimum Gasteiger partial charge on any atom is -0.493 e. The number of amides is 1. The molecule has 0 radical (unpaired) electrons. The standard InChI is InChI=1S/C19H22N2O2/c1-2-14-7-9-15(10-8-14)20-13-19(22)21-17-11-12-23-18-6-4-3-5-16(17)18/h3-10,17,20H,2,11-13H2,1H3,(H,21,22). The van der Waals surface area contributed by atoms with Crippen molar-refractivity contribution in [2.24, 2.45) is 0 Å². The van der Waals surface area contributed by atoms with Crippen molar-refractivity contribution < 1.29 is 9.53 Å². The predicted molar refractivity (Wildman–Crippen MR) is 91.7 cm³/mol. The molecule has 3 rings (SSSR count). The molecule has 2 N–H and O–H groups in total. The van der Waals surface area contributed by atoms with Crippen molar-refractivity contribution in [2.45, 2.75) is 25.8 Å². The van der Waals surface area contributed by atoms with E-state index in [4.69, 9.17) is 4.74 Å². The highest BCUT2D eigenvalue weighted by atomic mass is 16.5. The highest BCUT2D eigenvalue weighted by Crippen LogP contribution is 2.31. The van der Waals surface area contributed by atoms with Gasteiger partial charge in [-0.2, -0.15) is 0 Å². The molecule has 1 aliphatic heterocycles. The van der Waals surface area contributed by atoms with Gasteiger partial charge in [-0.3, -0.25) is 4.79 Å². The fourth-order valence-electron chi connectivity index (χ4n) is 2.78. The zero-order chi connectivity index (χ0) is 16.1. The number of ether oxygens (including phenoxy) is 1. The van der Waals surface area contributed by atoms with E-state index >= 15 is 0 Å². The molecule has 0 aromatic heterocycles. The number of aryl methyl sites for hydroxylation is 1. The number of fused-ring (bicyclic) bond motifs is 1. The minimum absolute atomic E-state index is 0.00808. The Balaban J connectivity index is 1.55. The van der Waals surface area contributed by atoms with E-state index in [1.54, 1.807) is 0 Å². The van der Waals surface area contributed by atoms with E-state index in [2.05, 4.69) is 29.7 Å². The second-order valence-corrected chi connectivity index (χ2v) is 5.70. The largest absolute Gasteiger partial charge is 0.493 e. The second kappa shape index (κ2) is 7.18. The molecule has 1 atom stereocenters. The fraction of sp³-hybridized carbons (Fsp3) is 0.316. The molecule has 0 saturated carbocycles. The van der Waals surface area contributed by atoms with Crippen LogP contribution in [0.15, 0.2) is 48.5 Å². The zero-order valence-corrected chi connectivity index (χ0v) is 13.3. The Morgan fingerprint density at radius 2 is 1.96 bits per heavy atom. The molecule has 23 heavy (non-hydrogen) atoms. The van der Waals surface area contributed by atoms with Gasteiger partial charge in [0, 0.05) is 17.7 Å². The number of carbonyl (C=O) groups is 1. The number of carbonyl (C=O) groups excluding carboxylic acids is 1. The molecule has 1 aliphatic rings. The van der Waals surface area contributed by atoms with E-state index < -0.39 is 0 Å². The van der Waals surface area contributed by atoms with Gasteiger partial charge in [0.05, 0.1) is 19.2 Å². The van der Waals surface area contributed by atoms with Crippen LogP contribution in [0.4, 0.5) is 5.69 Å². The first-order valence-electron chi connectivity index (χ1n) is 8.10. The maximum Gasteiger partial charge on any atom is 0.239 e. The van der Waals surface area contributed by atoms with E-state index in [1.807, 2.05) is 36.4 Å². The van der Waals surface area contributed by atoms with Crippen molar-refractivity contribution in [1.82, 2.24) is 5.32 Å². The van der Waals surface area contributed by atoms with Crippen molar-refractivity contribution in [1.29, 1.82) is 0 Å². The van der Waals surface area contributed by atoms with Gasteiger partial charge in [-0.25, -0.2) is 0 Å². The average molecular weight is 310 g/mol. The maximum absolute atomic E-state index is 12.2. The molecule has 0 fully saturated rings. The Hall–Kier alpha value is -2.49. The third-order valence-electron chi connectivity index (χ3n) is 4.11. The summed E-state index contributed by atoms with van der Waals surface area (Å²) < 4.78 is 5.62. The maximum atomic E-state index is 12.2. The molecule has 0 aliphatic carbocycles. The van der Waals surface area contributed by atoms with Gasteiger partial charge < -0.3 is 15.4 Å². The monoisotopic (exact) mass is 310 g/mol. The average Bonchev–Trinajstić information content (AvgIpc) is 2.61.